The smallest absolute Gasteiger partial charge is 0.249 e. The fourth-order valence-electron chi connectivity index (χ4n) is 2.34. The Balaban J connectivity index is 2.31. The molecule has 1 aromatic heterocycles. The minimum atomic E-state index is -3.82. The highest BCUT2D eigenvalue weighted by Crippen LogP contribution is 2.34. The zero-order valence-electron chi connectivity index (χ0n) is 16.0. The molecule has 12 heteroatoms. The molecule has 1 amide bonds. The van der Waals surface area contributed by atoms with Crippen molar-refractivity contribution < 1.29 is 17.9 Å². The van der Waals surface area contributed by atoms with Gasteiger partial charge in [-0.15, -0.1) is 10.2 Å². The van der Waals surface area contributed by atoms with Crippen LogP contribution in [0.1, 0.15) is 20.8 Å². The van der Waals surface area contributed by atoms with E-state index in [4.69, 9.17) is 16.3 Å². The summed E-state index contributed by atoms with van der Waals surface area (Å²) < 4.78 is 31.8. The van der Waals surface area contributed by atoms with Crippen molar-refractivity contribution in [3.05, 3.63) is 23.2 Å². The van der Waals surface area contributed by atoms with Crippen LogP contribution in [0.25, 0.3) is 0 Å². The average Bonchev–Trinajstić information content (AvgIpc) is 3.00. The number of nitrogens with zero attached hydrogens (tertiary/aromatic N) is 3. The monoisotopic (exact) mass is 464 g/mol. The zero-order valence-corrected chi connectivity index (χ0v) is 19.2. The van der Waals surface area contributed by atoms with Gasteiger partial charge in [-0.05, 0) is 25.1 Å². The summed E-state index contributed by atoms with van der Waals surface area (Å²) >= 11 is 8.78. The van der Waals surface area contributed by atoms with Gasteiger partial charge in [0.1, 0.15) is 11.8 Å². The first-order valence-corrected chi connectivity index (χ1v) is 12.1. The van der Waals surface area contributed by atoms with E-state index in [2.05, 4.69) is 15.5 Å². The molecular weight excluding hydrogens is 444 g/mol. The fourth-order valence-corrected chi connectivity index (χ4v) is 5.65. The Kier molecular flexibility index (Phi) is 7.54. The number of anilines is 2. The van der Waals surface area contributed by atoms with E-state index in [9.17, 15) is 13.2 Å². The van der Waals surface area contributed by atoms with Gasteiger partial charge in [-0.3, -0.25) is 14.4 Å². The van der Waals surface area contributed by atoms with E-state index >= 15 is 0 Å². The van der Waals surface area contributed by atoms with E-state index in [0.717, 1.165) is 14.9 Å². The maximum Gasteiger partial charge on any atom is 0.249 e. The molecule has 1 unspecified atom stereocenters. The van der Waals surface area contributed by atoms with Gasteiger partial charge in [0, 0.05) is 10.3 Å². The summed E-state index contributed by atoms with van der Waals surface area (Å²) in [5, 5.41) is 11.5. The van der Waals surface area contributed by atoms with E-state index in [-0.39, 0.29) is 11.4 Å². The summed E-state index contributed by atoms with van der Waals surface area (Å²) in [6.45, 7) is 5.52. The number of benzene rings is 1. The predicted molar refractivity (Wildman–Crippen MR) is 114 cm³/mol. The Bertz CT molecular complexity index is 949. The van der Waals surface area contributed by atoms with E-state index in [0.29, 0.717) is 15.4 Å². The van der Waals surface area contributed by atoms with E-state index in [1.165, 1.54) is 43.2 Å². The van der Waals surface area contributed by atoms with Crippen molar-refractivity contribution in [2.75, 3.05) is 23.0 Å². The topological polar surface area (TPSA) is 101 Å². The highest BCUT2D eigenvalue weighted by molar-refractivity contribution is 8.01. The average molecular weight is 465 g/mol. The number of carbonyl (C=O) groups excluding carboxylic acids is 1. The van der Waals surface area contributed by atoms with Crippen molar-refractivity contribution in [1.29, 1.82) is 0 Å². The molecule has 1 atom stereocenters. The van der Waals surface area contributed by atoms with Gasteiger partial charge in [0.25, 0.3) is 0 Å². The van der Waals surface area contributed by atoms with Gasteiger partial charge in [0.15, 0.2) is 4.34 Å². The lowest BCUT2D eigenvalue weighted by molar-refractivity contribution is -0.116. The number of carbonyl (C=O) groups is 1. The van der Waals surface area contributed by atoms with Crippen LogP contribution in [0.4, 0.5) is 10.8 Å². The number of methoxy groups -OCH3 is 1. The van der Waals surface area contributed by atoms with Gasteiger partial charge in [-0.1, -0.05) is 48.5 Å². The molecule has 0 aliphatic carbocycles. The third kappa shape index (κ3) is 5.72. The largest absolute Gasteiger partial charge is 0.495 e. The van der Waals surface area contributed by atoms with Crippen LogP contribution >= 0.6 is 34.7 Å². The second-order valence-electron chi connectivity index (χ2n) is 6.08. The van der Waals surface area contributed by atoms with E-state index in [1.54, 1.807) is 12.1 Å². The summed E-state index contributed by atoms with van der Waals surface area (Å²) in [4.78, 5) is 12.7. The van der Waals surface area contributed by atoms with Crippen molar-refractivity contribution in [3.8, 4) is 5.75 Å². The first-order chi connectivity index (χ1) is 13.0. The minimum Gasteiger partial charge on any atom is -0.495 e. The van der Waals surface area contributed by atoms with Crippen molar-refractivity contribution >= 4 is 61.4 Å². The van der Waals surface area contributed by atoms with Crippen molar-refractivity contribution in [2.45, 2.75) is 36.4 Å². The molecule has 8 nitrogen and oxygen atoms in total. The molecule has 0 saturated carbocycles. The maximum atomic E-state index is 12.7. The Morgan fingerprint density at radius 2 is 2.00 bits per heavy atom. The third-order valence-corrected chi connectivity index (χ3v) is 6.83. The SMILES string of the molecule is COc1ccc(Cl)cc1N(C(C)C(=O)Nc1nnc(SC(C)C)s1)S(C)(=O)=O. The van der Waals surface area contributed by atoms with Crippen LogP contribution in [-0.2, 0) is 14.8 Å². The fraction of sp³-hybridized carbons (Fsp3) is 0.438. The first kappa shape index (κ1) is 22.7. The van der Waals surface area contributed by atoms with Gasteiger partial charge < -0.3 is 4.74 Å². The normalized spacial score (nSPS) is 12.7. The molecule has 1 N–H and O–H groups in total. The number of rotatable bonds is 8. The molecule has 0 saturated heterocycles. The van der Waals surface area contributed by atoms with Gasteiger partial charge in [-0.25, -0.2) is 8.42 Å². The minimum absolute atomic E-state index is 0.175. The van der Waals surface area contributed by atoms with E-state index in [1.807, 2.05) is 13.8 Å². The number of aromatic nitrogens is 2. The van der Waals surface area contributed by atoms with Gasteiger partial charge >= 0.3 is 0 Å². The molecule has 0 radical (unpaired) electrons. The summed E-state index contributed by atoms with van der Waals surface area (Å²) in [5.74, 6) is -0.272. The summed E-state index contributed by atoms with van der Waals surface area (Å²) in [5.41, 5.74) is 0.175. The number of sulfonamides is 1. The number of hydrogen-bond acceptors (Lipinski definition) is 8. The molecule has 1 heterocycles. The van der Waals surface area contributed by atoms with Crippen molar-refractivity contribution in [3.63, 3.8) is 0 Å². The molecule has 154 valence electrons. The summed E-state index contributed by atoms with van der Waals surface area (Å²) in [6, 6.07) is 3.48. The Morgan fingerprint density at radius 1 is 1.32 bits per heavy atom. The second-order valence-corrected chi connectivity index (χ2v) is 11.2. The van der Waals surface area contributed by atoms with Crippen LogP contribution in [-0.4, -0.2) is 49.2 Å². The number of ether oxygens (including phenoxy) is 1. The van der Waals surface area contributed by atoms with Crippen LogP contribution in [0, 0.1) is 0 Å². The molecular formula is C16H21ClN4O4S3. The second kappa shape index (κ2) is 9.29. The molecule has 2 aromatic rings. The van der Waals surface area contributed by atoms with Crippen molar-refractivity contribution in [1.82, 2.24) is 10.2 Å². The van der Waals surface area contributed by atoms with E-state index < -0.39 is 22.0 Å². The van der Waals surface area contributed by atoms with Crippen LogP contribution in [0.15, 0.2) is 22.5 Å². The van der Waals surface area contributed by atoms with Gasteiger partial charge in [0.2, 0.25) is 21.1 Å². The lowest BCUT2D eigenvalue weighted by Gasteiger charge is -2.29. The molecule has 0 aliphatic heterocycles. The van der Waals surface area contributed by atoms with Crippen LogP contribution in [0.5, 0.6) is 5.75 Å². The standard InChI is InChI=1S/C16H21ClN4O4S3/c1-9(2)26-16-20-19-15(27-16)18-14(22)10(3)21(28(5,23)24)12-8-11(17)6-7-13(12)25-4/h6-10H,1-5H3,(H,18,19,22). The molecule has 2 rings (SSSR count). The molecule has 0 aliphatic rings. The summed E-state index contributed by atoms with van der Waals surface area (Å²) in [7, 11) is -2.41. The highest BCUT2D eigenvalue weighted by atomic mass is 35.5. The summed E-state index contributed by atoms with van der Waals surface area (Å²) in [6.07, 6.45) is 1.01. The van der Waals surface area contributed by atoms with Gasteiger partial charge in [-0.2, -0.15) is 0 Å². The quantitative estimate of drug-likeness (QED) is 0.471. The maximum absolute atomic E-state index is 12.7. The number of hydrogen-bond donors (Lipinski definition) is 1. The van der Waals surface area contributed by atoms with Crippen LogP contribution in [0.2, 0.25) is 5.02 Å². The lowest BCUT2D eigenvalue weighted by atomic mass is 10.2. The highest BCUT2D eigenvalue weighted by Gasteiger charge is 2.32. The molecule has 0 fully saturated rings. The number of thioether (sulfide) groups is 1. The number of nitrogens with one attached hydrogen (secondary N) is 1. The van der Waals surface area contributed by atoms with Gasteiger partial charge in [0.05, 0.1) is 19.1 Å². The molecule has 28 heavy (non-hydrogen) atoms. The Morgan fingerprint density at radius 3 is 2.57 bits per heavy atom. The Hall–Kier alpha value is -1.56. The first-order valence-electron chi connectivity index (χ1n) is 8.17. The number of halogens is 1. The number of amides is 1. The molecule has 0 bridgehead atoms. The lowest BCUT2D eigenvalue weighted by Crippen LogP contribution is -2.45. The van der Waals surface area contributed by atoms with Crippen molar-refractivity contribution in [2.24, 2.45) is 0 Å². The predicted octanol–water partition coefficient (Wildman–Crippen LogP) is 3.49. The Labute approximate surface area is 177 Å². The zero-order chi connectivity index (χ0) is 21.1. The van der Waals surface area contributed by atoms with Crippen LogP contribution in [0.3, 0.4) is 0 Å². The van der Waals surface area contributed by atoms with Crippen LogP contribution < -0.4 is 14.4 Å². The molecule has 1 aromatic carbocycles. The third-order valence-electron chi connectivity index (χ3n) is 3.44. The molecule has 0 spiro atoms.